The lowest BCUT2D eigenvalue weighted by atomic mass is 9.48. The van der Waals surface area contributed by atoms with Crippen LogP contribution in [-0.2, 0) is 19.6 Å². The molecular weight excluding hydrogens is 885 g/mol. The first-order valence-electron chi connectivity index (χ1n) is 13.1. The third-order valence-electron chi connectivity index (χ3n) is 8.49. The summed E-state index contributed by atoms with van der Waals surface area (Å²) in [5, 5.41) is 0. The molecule has 7 nitrogen and oxygen atoms in total. The van der Waals surface area contributed by atoms with E-state index in [1.54, 1.807) is 30.3 Å². The summed E-state index contributed by atoms with van der Waals surface area (Å²) >= 11 is 6.60. The van der Waals surface area contributed by atoms with Crippen LogP contribution >= 0.6 is 67.8 Å². The fourth-order valence-corrected chi connectivity index (χ4v) is 10.4. The minimum absolute atomic E-state index is 0.200. The molecule has 2 unspecified atom stereocenters. The highest BCUT2D eigenvalue weighted by atomic mass is 127. The van der Waals surface area contributed by atoms with Gasteiger partial charge in [-0.2, -0.15) is 8.42 Å². The summed E-state index contributed by atoms with van der Waals surface area (Å²) in [6.45, 7) is 0. The van der Waals surface area contributed by atoms with E-state index in [1.807, 2.05) is 12.1 Å². The molecule has 0 aliphatic heterocycles. The summed E-state index contributed by atoms with van der Waals surface area (Å²) in [6, 6.07) is 16.8. The number of carbonyl (C=O) groups excluding carboxylic acids is 2. The van der Waals surface area contributed by atoms with E-state index in [-0.39, 0.29) is 40.0 Å². The zero-order chi connectivity index (χ0) is 29.2. The molecule has 4 fully saturated rings. The Labute approximate surface area is 279 Å². The van der Waals surface area contributed by atoms with Crippen molar-refractivity contribution in [3.05, 3.63) is 76.9 Å². The summed E-state index contributed by atoms with van der Waals surface area (Å²) < 4.78 is 49.1. The second-order valence-corrected chi connectivity index (χ2v) is 16.3. The van der Waals surface area contributed by atoms with Gasteiger partial charge in [-0.15, -0.1) is 0 Å². The number of ether oxygens (including phenoxy) is 2. The quantitative estimate of drug-likeness (QED) is 0.0898. The predicted molar refractivity (Wildman–Crippen MR) is 177 cm³/mol. The average Bonchev–Trinajstić information content (AvgIpc) is 2.89. The van der Waals surface area contributed by atoms with Gasteiger partial charge in [-0.1, -0.05) is 30.3 Å². The van der Waals surface area contributed by atoms with Gasteiger partial charge in [0.2, 0.25) is 0 Å². The Kier molecular flexibility index (Phi) is 7.99. The lowest BCUT2D eigenvalue weighted by Crippen LogP contribution is -2.60. The second-order valence-electron chi connectivity index (χ2n) is 11.5. The lowest BCUT2D eigenvalue weighted by Gasteiger charge is -2.59. The Bertz CT molecular complexity index is 1660. The summed E-state index contributed by atoms with van der Waals surface area (Å²) in [5.41, 5.74) is -0.151. The molecule has 7 rings (SSSR count). The molecular formula is C30H25I3O7S. The molecule has 4 saturated carbocycles. The van der Waals surface area contributed by atoms with E-state index in [1.165, 1.54) is 18.2 Å². The van der Waals surface area contributed by atoms with E-state index in [4.69, 9.17) is 9.47 Å². The van der Waals surface area contributed by atoms with Gasteiger partial charge >= 0.3 is 11.9 Å². The van der Waals surface area contributed by atoms with Crippen LogP contribution < -0.4 is 4.74 Å². The van der Waals surface area contributed by atoms with Crippen molar-refractivity contribution in [1.29, 1.82) is 0 Å². The topological polar surface area (TPSA) is 107 Å². The van der Waals surface area contributed by atoms with E-state index in [2.05, 4.69) is 67.8 Å². The molecule has 2 atom stereocenters. The van der Waals surface area contributed by atoms with Gasteiger partial charge in [0.05, 0.1) is 11.0 Å². The summed E-state index contributed by atoms with van der Waals surface area (Å²) in [6.07, 6.45) is 4.24. The van der Waals surface area contributed by atoms with Crippen molar-refractivity contribution < 1.29 is 32.0 Å². The van der Waals surface area contributed by atoms with Crippen molar-refractivity contribution >= 4 is 89.8 Å². The highest BCUT2D eigenvalue weighted by molar-refractivity contribution is 14.1. The van der Waals surface area contributed by atoms with Gasteiger partial charge < -0.3 is 9.47 Å². The van der Waals surface area contributed by atoms with Crippen LogP contribution in [0.2, 0.25) is 0 Å². The van der Waals surface area contributed by atoms with Crippen LogP contribution in [0.3, 0.4) is 0 Å². The number of benzene rings is 3. The van der Waals surface area contributed by atoms with Crippen molar-refractivity contribution in [2.45, 2.75) is 49.0 Å². The molecule has 3 aromatic carbocycles. The Balaban J connectivity index is 1.28. The monoisotopic (exact) mass is 910 g/mol. The Morgan fingerprint density at radius 3 is 2.24 bits per heavy atom. The van der Waals surface area contributed by atoms with Crippen molar-refractivity contribution in [3.63, 3.8) is 0 Å². The van der Waals surface area contributed by atoms with Gasteiger partial charge in [0.15, 0.2) is 0 Å². The molecule has 4 bridgehead atoms. The molecule has 3 aromatic rings. The van der Waals surface area contributed by atoms with Crippen molar-refractivity contribution in [2.24, 2.45) is 17.3 Å². The molecule has 4 aliphatic rings. The van der Waals surface area contributed by atoms with Gasteiger partial charge in [0, 0.05) is 22.7 Å². The standard InChI is InChI=1S/C30H25I3O7S/c31-20-9-23(26(33)24(32)10-20)27(34)40-30-14-17-8-18(15-30)13-29(12-17,16-30)28(35)39-21-6-7-25(41(36,37)38)22(11-21)19-4-2-1-3-5-19/h1-7,9-11,17-18H,8,12-16H2,(H,36,37,38). The molecule has 0 spiro atoms. The highest BCUT2D eigenvalue weighted by Crippen LogP contribution is 2.63. The van der Waals surface area contributed by atoms with Crippen LogP contribution in [0.1, 0.15) is 48.9 Å². The fourth-order valence-electron chi connectivity index (χ4n) is 7.35. The smallest absolute Gasteiger partial charge is 0.339 e. The maximum atomic E-state index is 13.9. The largest absolute Gasteiger partial charge is 0.455 e. The number of esters is 2. The van der Waals surface area contributed by atoms with Gasteiger partial charge in [-0.25, -0.2) is 4.79 Å². The van der Waals surface area contributed by atoms with Crippen LogP contribution in [0.4, 0.5) is 0 Å². The fraction of sp³-hybridized carbons (Fsp3) is 0.333. The van der Waals surface area contributed by atoms with Gasteiger partial charge in [-0.3, -0.25) is 9.35 Å². The molecule has 4 aliphatic carbocycles. The third-order valence-corrected chi connectivity index (χ3v) is 13.1. The van der Waals surface area contributed by atoms with E-state index in [0.29, 0.717) is 30.4 Å². The van der Waals surface area contributed by atoms with E-state index in [0.717, 1.165) is 30.0 Å². The SMILES string of the molecule is O=C(OC12CC3CC(C1)CC(C(=O)Oc1ccc(S(=O)(=O)O)c(-c4ccccc4)c1)(C3)C2)c1cc(I)cc(I)c1I. The van der Waals surface area contributed by atoms with Crippen LogP contribution in [-0.4, -0.2) is 30.5 Å². The molecule has 41 heavy (non-hydrogen) atoms. The van der Waals surface area contributed by atoms with Crippen LogP contribution in [0.25, 0.3) is 11.1 Å². The Morgan fingerprint density at radius 1 is 0.902 bits per heavy atom. The molecule has 0 saturated heterocycles. The lowest BCUT2D eigenvalue weighted by molar-refractivity contribution is -0.189. The molecule has 0 heterocycles. The molecule has 0 amide bonds. The van der Waals surface area contributed by atoms with E-state index >= 15 is 0 Å². The van der Waals surface area contributed by atoms with Crippen LogP contribution in [0, 0.1) is 28.0 Å². The molecule has 11 heteroatoms. The number of carbonyl (C=O) groups is 2. The molecule has 0 radical (unpaired) electrons. The number of hydrogen-bond donors (Lipinski definition) is 1. The number of hydrogen-bond acceptors (Lipinski definition) is 6. The average molecular weight is 910 g/mol. The number of rotatable bonds is 6. The minimum Gasteiger partial charge on any atom is -0.455 e. The summed E-state index contributed by atoms with van der Waals surface area (Å²) in [4.78, 5) is 27.1. The van der Waals surface area contributed by atoms with Crippen molar-refractivity contribution in [3.8, 4) is 16.9 Å². The van der Waals surface area contributed by atoms with E-state index in [9.17, 15) is 22.6 Å². The molecule has 1 N–H and O–H groups in total. The predicted octanol–water partition coefficient (Wildman–Crippen LogP) is 7.52. The maximum Gasteiger partial charge on any atom is 0.339 e. The van der Waals surface area contributed by atoms with Crippen molar-refractivity contribution in [2.75, 3.05) is 0 Å². The van der Waals surface area contributed by atoms with Crippen LogP contribution in [0.5, 0.6) is 5.75 Å². The van der Waals surface area contributed by atoms with Crippen LogP contribution in [0.15, 0.2) is 65.6 Å². The number of halogens is 3. The highest BCUT2D eigenvalue weighted by Gasteiger charge is 2.63. The third kappa shape index (κ3) is 5.81. The molecule has 214 valence electrons. The van der Waals surface area contributed by atoms with E-state index < -0.39 is 21.1 Å². The van der Waals surface area contributed by atoms with Gasteiger partial charge in [0.1, 0.15) is 16.2 Å². The van der Waals surface area contributed by atoms with Gasteiger partial charge in [0.25, 0.3) is 10.1 Å². The first-order valence-corrected chi connectivity index (χ1v) is 17.8. The first kappa shape index (κ1) is 29.8. The summed E-state index contributed by atoms with van der Waals surface area (Å²) in [7, 11) is -4.51. The van der Waals surface area contributed by atoms with Crippen molar-refractivity contribution in [1.82, 2.24) is 0 Å². The zero-order valence-electron chi connectivity index (χ0n) is 21.6. The Morgan fingerprint density at radius 2 is 1.59 bits per heavy atom. The zero-order valence-corrected chi connectivity index (χ0v) is 28.9. The van der Waals surface area contributed by atoms with Gasteiger partial charge in [-0.05, 0) is 148 Å². The minimum atomic E-state index is -4.51. The Hall–Kier alpha value is -1.30. The maximum absolute atomic E-state index is 13.9. The first-order chi connectivity index (χ1) is 19.4. The molecule has 0 aromatic heterocycles. The second kappa shape index (κ2) is 11.0. The normalized spacial score (nSPS) is 26.5. The summed E-state index contributed by atoms with van der Waals surface area (Å²) in [5.74, 6) is -0.0262.